The van der Waals surface area contributed by atoms with E-state index in [0.29, 0.717) is 16.5 Å². The number of furan rings is 1. The van der Waals surface area contributed by atoms with Crippen molar-refractivity contribution in [1.29, 1.82) is 0 Å². The van der Waals surface area contributed by atoms with Crippen LogP contribution < -0.4 is 14.8 Å². The molecule has 0 fully saturated rings. The average molecular weight is 394 g/mol. The standard InChI is InChI=1S/C21H18N2O4S/c1-25-15-5-3-13(4-6-15)18-12-28-21(22-18)23-20(24)9-14-11-27-19-10-16(26-2)7-8-17(14)19/h3-8,10-12H,9H2,1-2H3,(H,22,23,24). The summed E-state index contributed by atoms with van der Waals surface area (Å²) in [6, 6.07) is 13.2. The highest BCUT2D eigenvalue weighted by molar-refractivity contribution is 7.14. The minimum absolute atomic E-state index is 0.144. The van der Waals surface area contributed by atoms with Crippen molar-refractivity contribution in [3.05, 3.63) is 59.7 Å². The Morgan fingerprint density at radius 3 is 2.61 bits per heavy atom. The van der Waals surface area contributed by atoms with Crippen LogP contribution in [0.4, 0.5) is 5.13 Å². The van der Waals surface area contributed by atoms with Gasteiger partial charge in [-0.15, -0.1) is 11.3 Å². The number of hydrogen-bond donors (Lipinski definition) is 1. The first-order valence-electron chi connectivity index (χ1n) is 8.60. The average Bonchev–Trinajstić information content (AvgIpc) is 3.35. The summed E-state index contributed by atoms with van der Waals surface area (Å²) < 4.78 is 15.9. The van der Waals surface area contributed by atoms with Crippen molar-refractivity contribution in [2.75, 3.05) is 19.5 Å². The summed E-state index contributed by atoms with van der Waals surface area (Å²) in [6.45, 7) is 0. The molecule has 28 heavy (non-hydrogen) atoms. The number of fused-ring (bicyclic) bond motifs is 1. The van der Waals surface area contributed by atoms with Gasteiger partial charge in [0.15, 0.2) is 5.13 Å². The number of anilines is 1. The molecule has 0 bridgehead atoms. The predicted molar refractivity (Wildman–Crippen MR) is 109 cm³/mol. The molecule has 0 saturated carbocycles. The van der Waals surface area contributed by atoms with Gasteiger partial charge in [0.1, 0.15) is 17.1 Å². The van der Waals surface area contributed by atoms with Crippen molar-refractivity contribution < 1.29 is 18.7 Å². The minimum Gasteiger partial charge on any atom is -0.497 e. The molecule has 7 heteroatoms. The van der Waals surface area contributed by atoms with E-state index in [-0.39, 0.29) is 12.3 Å². The van der Waals surface area contributed by atoms with E-state index in [1.807, 2.05) is 41.8 Å². The van der Waals surface area contributed by atoms with E-state index in [4.69, 9.17) is 13.9 Å². The van der Waals surface area contributed by atoms with E-state index in [2.05, 4.69) is 10.3 Å². The molecule has 0 spiro atoms. The molecule has 6 nitrogen and oxygen atoms in total. The molecule has 4 rings (SSSR count). The lowest BCUT2D eigenvalue weighted by Gasteiger charge is -2.02. The summed E-state index contributed by atoms with van der Waals surface area (Å²) in [4.78, 5) is 16.9. The van der Waals surface area contributed by atoms with E-state index in [0.717, 1.165) is 28.0 Å². The highest BCUT2D eigenvalue weighted by Crippen LogP contribution is 2.28. The second-order valence-electron chi connectivity index (χ2n) is 6.11. The molecule has 0 radical (unpaired) electrons. The molecular formula is C21H18N2O4S. The van der Waals surface area contributed by atoms with E-state index in [9.17, 15) is 4.79 Å². The highest BCUT2D eigenvalue weighted by Gasteiger charge is 2.13. The molecule has 142 valence electrons. The van der Waals surface area contributed by atoms with Gasteiger partial charge >= 0.3 is 0 Å². The largest absolute Gasteiger partial charge is 0.497 e. The van der Waals surface area contributed by atoms with E-state index < -0.39 is 0 Å². The van der Waals surface area contributed by atoms with Crippen molar-refractivity contribution in [2.45, 2.75) is 6.42 Å². The van der Waals surface area contributed by atoms with Crippen molar-refractivity contribution in [3.63, 3.8) is 0 Å². The van der Waals surface area contributed by atoms with Crippen LogP contribution in [0.25, 0.3) is 22.2 Å². The Morgan fingerprint density at radius 1 is 1.11 bits per heavy atom. The minimum atomic E-state index is -0.144. The molecule has 0 aliphatic rings. The fraction of sp³-hybridized carbons (Fsp3) is 0.143. The van der Waals surface area contributed by atoms with Crippen LogP contribution >= 0.6 is 11.3 Å². The third-order valence-corrected chi connectivity index (χ3v) is 5.11. The number of aromatic nitrogens is 1. The van der Waals surface area contributed by atoms with Gasteiger partial charge in [0.05, 0.1) is 32.6 Å². The number of methoxy groups -OCH3 is 2. The second kappa shape index (κ2) is 7.74. The van der Waals surface area contributed by atoms with E-state index >= 15 is 0 Å². The van der Waals surface area contributed by atoms with Gasteiger partial charge in [0, 0.05) is 28.0 Å². The maximum absolute atomic E-state index is 12.4. The monoisotopic (exact) mass is 394 g/mol. The van der Waals surface area contributed by atoms with Gasteiger partial charge in [-0.1, -0.05) is 0 Å². The maximum Gasteiger partial charge on any atom is 0.230 e. The molecule has 0 unspecified atom stereocenters. The van der Waals surface area contributed by atoms with Crippen LogP contribution in [0, 0.1) is 0 Å². The Balaban J connectivity index is 1.45. The van der Waals surface area contributed by atoms with Crippen LogP contribution in [-0.2, 0) is 11.2 Å². The van der Waals surface area contributed by atoms with Crippen LogP contribution in [0.3, 0.4) is 0 Å². The zero-order chi connectivity index (χ0) is 19.5. The predicted octanol–water partition coefficient (Wildman–Crippen LogP) is 4.75. The number of nitrogens with zero attached hydrogens (tertiary/aromatic N) is 1. The molecule has 0 aliphatic heterocycles. The van der Waals surface area contributed by atoms with Gasteiger partial charge in [0.25, 0.3) is 0 Å². The van der Waals surface area contributed by atoms with E-state index in [1.54, 1.807) is 26.5 Å². The third-order valence-electron chi connectivity index (χ3n) is 4.35. The highest BCUT2D eigenvalue weighted by atomic mass is 32.1. The SMILES string of the molecule is COc1ccc(-c2csc(NC(=O)Cc3coc4cc(OC)ccc34)n2)cc1. The molecule has 1 amide bonds. The fourth-order valence-electron chi connectivity index (χ4n) is 2.89. The van der Waals surface area contributed by atoms with Crippen LogP contribution in [0.15, 0.2) is 58.5 Å². The topological polar surface area (TPSA) is 73.6 Å². The number of benzene rings is 2. The summed E-state index contributed by atoms with van der Waals surface area (Å²) in [7, 11) is 3.23. The van der Waals surface area contributed by atoms with Gasteiger partial charge in [-0.05, 0) is 36.4 Å². The molecule has 2 aromatic heterocycles. The molecular weight excluding hydrogens is 376 g/mol. The lowest BCUT2D eigenvalue weighted by Crippen LogP contribution is -2.13. The number of rotatable bonds is 6. The maximum atomic E-state index is 12.4. The Morgan fingerprint density at radius 2 is 1.86 bits per heavy atom. The first-order chi connectivity index (χ1) is 13.7. The number of thiazole rings is 1. The fourth-order valence-corrected chi connectivity index (χ4v) is 3.63. The lowest BCUT2D eigenvalue weighted by atomic mass is 10.1. The summed E-state index contributed by atoms with van der Waals surface area (Å²) in [5.41, 5.74) is 3.29. The Kier molecular flexibility index (Phi) is 4.99. The number of amides is 1. The summed E-state index contributed by atoms with van der Waals surface area (Å²) in [5, 5.41) is 6.23. The first kappa shape index (κ1) is 18.1. The van der Waals surface area contributed by atoms with Crippen LogP contribution in [0.2, 0.25) is 0 Å². The molecule has 2 aromatic carbocycles. The summed E-state index contributed by atoms with van der Waals surface area (Å²) in [5.74, 6) is 1.36. The van der Waals surface area contributed by atoms with Gasteiger partial charge in [-0.2, -0.15) is 0 Å². The summed E-state index contributed by atoms with van der Waals surface area (Å²) in [6.07, 6.45) is 1.81. The van der Waals surface area contributed by atoms with Gasteiger partial charge in [0.2, 0.25) is 5.91 Å². The molecule has 2 heterocycles. The molecule has 4 aromatic rings. The Hall–Kier alpha value is -3.32. The van der Waals surface area contributed by atoms with Crippen LogP contribution in [0.5, 0.6) is 11.5 Å². The third kappa shape index (κ3) is 3.70. The van der Waals surface area contributed by atoms with Crippen molar-refractivity contribution in [1.82, 2.24) is 4.98 Å². The number of nitrogens with one attached hydrogen (secondary N) is 1. The number of carbonyl (C=O) groups is 1. The van der Waals surface area contributed by atoms with E-state index in [1.165, 1.54) is 11.3 Å². The lowest BCUT2D eigenvalue weighted by molar-refractivity contribution is -0.115. The normalized spacial score (nSPS) is 10.8. The quantitative estimate of drug-likeness (QED) is 0.511. The molecule has 0 saturated heterocycles. The Bertz CT molecular complexity index is 1120. The molecule has 1 N–H and O–H groups in total. The molecule has 0 atom stereocenters. The van der Waals surface area contributed by atoms with Gasteiger partial charge in [-0.3, -0.25) is 4.79 Å². The number of hydrogen-bond acceptors (Lipinski definition) is 6. The van der Waals surface area contributed by atoms with Gasteiger partial charge < -0.3 is 19.2 Å². The van der Waals surface area contributed by atoms with Crippen molar-refractivity contribution >= 4 is 33.3 Å². The molecule has 0 aliphatic carbocycles. The first-order valence-corrected chi connectivity index (χ1v) is 9.48. The van der Waals surface area contributed by atoms with Crippen molar-refractivity contribution in [3.8, 4) is 22.8 Å². The van der Waals surface area contributed by atoms with Crippen LogP contribution in [-0.4, -0.2) is 25.1 Å². The number of ether oxygens (including phenoxy) is 2. The second-order valence-corrected chi connectivity index (χ2v) is 6.97. The Labute approximate surface area is 165 Å². The number of carbonyl (C=O) groups excluding carboxylic acids is 1. The summed E-state index contributed by atoms with van der Waals surface area (Å²) >= 11 is 1.39. The zero-order valence-corrected chi connectivity index (χ0v) is 16.2. The van der Waals surface area contributed by atoms with Crippen molar-refractivity contribution in [2.24, 2.45) is 0 Å². The van der Waals surface area contributed by atoms with Crippen LogP contribution in [0.1, 0.15) is 5.56 Å². The van der Waals surface area contributed by atoms with Gasteiger partial charge in [-0.25, -0.2) is 4.98 Å². The smallest absolute Gasteiger partial charge is 0.230 e. The zero-order valence-electron chi connectivity index (χ0n) is 15.4.